The summed E-state index contributed by atoms with van der Waals surface area (Å²) in [4.78, 5) is 61.2. The van der Waals surface area contributed by atoms with Crippen molar-refractivity contribution in [2.75, 3.05) is 20.3 Å². The van der Waals surface area contributed by atoms with Crippen molar-refractivity contribution < 1.29 is 41.8 Å². The third-order valence-electron chi connectivity index (χ3n) is 13.5. The van der Waals surface area contributed by atoms with Crippen molar-refractivity contribution in [3.8, 4) is 16.9 Å². The average Bonchev–Trinajstić information content (AvgIpc) is 3.68. The number of nitrogens with one attached hydrogen (secondary N) is 4. The summed E-state index contributed by atoms with van der Waals surface area (Å²) in [7, 11) is -2.61. The number of amides is 3. The molecular formula is C55H64N6O9S. The Hall–Kier alpha value is -7.20. The molecule has 0 saturated heterocycles. The molecule has 0 aromatic heterocycles. The maximum Gasteiger partial charge on any atom is 0.407 e. The molecule has 71 heavy (non-hydrogen) atoms. The number of nitrogens with zero attached hydrogens (tertiary/aromatic N) is 1. The summed E-state index contributed by atoms with van der Waals surface area (Å²) in [6, 6.07) is 32.1. The number of esters is 1. The fourth-order valence-electron chi connectivity index (χ4n) is 9.58. The normalized spacial score (nSPS) is 15.0. The number of carbonyl (C=O) groups is 4. The third kappa shape index (κ3) is 12.6. The fraction of sp³-hybridized carbons (Fsp3) is 0.364. The zero-order valence-corrected chi connectivity index (χ0v) is 41.8. The van der Waals surface area contributed by atoms with E-state index in [-0.39, 0.29) is 68.6 Å². The van der Waals surface area contributed by atoms with Crippen molar-refractivity contribution in [3.63, 3.8) is 0 Å². The second-order valence-corrected chi connectivity index (χ2v) is 20.1. The van der Waals surface area contributed by atoms with E-state index < -0.39 is 51.5 Å². The molecule has 2 aliphatic carbocycles. The molecule has 0 unspecified atom stereocenters. The van der Waals surface area contributed by atoms with E-state index >= 15 is 0 Å². The largest absolute Gasteiger partial charge is 0.496 e. The highest BCUT2D eigenvalue weighted by molar-refractivity contribution is 7.90. The Morgan fingerprint density at radius 1 is 0.761 bits per heavy atom. The van der Waals surface area contributed by atoms with Crippen LogP contribution in [0.5, 0.6) is 5.75 Å². The monoisotopic (exact) mass is 984 g/mol. The minimum Gasteiger partial charge on any atom is -0.496 e. The number of guanidine groups is 1. The number of fused-ring (bicyclic) bond motifs is 3. The van der Waals surface area contributed by atoms with Crippen molar-refractivity contribution in [1.82, 2.24) is 20.7 Å². The van der Waals surface area contributed by atoms with Crippen LogP contribution in [0.25, 0.3) is 11.1 Å². The van der Waals surface area contributed by atoms with E-state index in [1.165, 1.54) is 7.11 Å². The van der Waals surface area contributed by atoms with E-state index in [0.717, 1.165) is 45.4 Å². The Morgan fingerprint density at radius 2 is 1.39 bits per heavy atom. The number of ether oxygens (including phenoxy) is 3. The number of carbonyl (C=O) groups excluding carboxylic acids is 4. The van der Waals surface area contributed by atoms with Crippen molar-refractivity contribution in [2.24, 2.45) is 10.7 Å². The zero-order valence-electron chi connectivity index (χ0n) is 41.0. The molecule has 0 heterocycles. The maximum absolute atomic E-state index is 14.7. The minimum absolute atomic E-state index is 0.00357. The van der Waals surface area contributed by atoms with Crippen molar-refractivity contribution in [3.05, 3.63) is 154 Å². The number of hydrogen-bond donors (Lipinski definition) is 5. The molecular weight excluding hydrogens is 921 g/mol. The van der Waals surface area contributed by atoms with E-state index in [0.29, 0.717) is 35.3 Å². The van der Waals surface area contributed by atoms with Gasteiger partial charge in [0.2, 0.25) is 17.8 Å². The highest BCUT2D eigenvalue weighted by atomic mass is 32.2. The molecule has 15 nitrogen and oxygen atoms in total. The molecule has 0 bridgehead atoms. The second-order valence-electron chi connectivity index (χ2n) is 18.5. The Balaban J connectivity index is 1.06. The minimum atomic E-state index is -4.13. The fourth-order valence-corrected chi connectivity index (χ4v) is 11.1. The zero-order chi connectivity index (χ0) is 50.7. The Morgan fingerprint density at radius 3 is 2.04 bits per heavy atom. The average molecular weight is 985 g/mol. The molecule has 2 atom stereocenters. The van der Waals surface area contributed by atoms with Crippen LogP contribution in [0.3, 0.4) is 0 Å². The second kappa shape index (κ2) is 23.1. The molecule has 374 valence electrons. The number of hydrogen-bond acceptors (Lipinski definition) is 10. The first-order valence-corrected chi connectivity index (χ1v) is 25.6. The summed E-state index contributed by atoms with van der Waals surface area (Å²) in [5.41, 5.74) is 13.2. The topological polar surface area (TPSA) is 217 Å². The van der Waals surface area contributed by atoms with Gasteiger partial charge in [0.15, 0.2) is 0 Å². The van der Waals surface area contributed by atoms with Crippen LogP contribution >= 0.6 is 0 Å². The molecule has 0 radical (unpaired) electrons. The van der Waals surface area contributed by atoms with Gasteiger partial charge < -0.3 is 35.9 Å². The first-order valence-electron chi connectivity index (χ1n) is 24.1. The van der Waals surface area contributed by atoms with Gasteiger partial charge >= 0.3 is 12.1 Å². The molecule has 0 spiro atoms. The van der Waals surface area contributed by atoms with Crippen LogP contribution < -0.4 is 31.1 Å². The van der Waals surface area contributed by atoms with Gasteiger partial charge in [0.25, 0.3) is 10.0 Å². The highest BCUT2D eigenvalue weighted by Gasteiger charge is 2.44. The lowest BCUT2D eigenvalue weighted by Crippen LogP contribution is -2.64. The first-order chi connectivity index (χ1) is 34.1. The molecule has 7 rings (SSSR count). The van der Waals surface area contributed by atoms with Crippen molar-refractivity contribution >= 4 is 39.9 Å². The Bertz CT molecular complexity index is 2820. The lowest BCUT2D eigenvalue weighted by Gasteiger charge is -2.38. The van der Waals surface area contributed by atoms with Crippen molar-refractivity contribution in [2.45, 2.75) is 114 Å². The van der Waals surface area contributed by atoms with Gasteiger partial charge in [0.1, 0.15) is 36.6 Å². The molecule has 2 aliphatic rings. The van der Waals surface area contributed by atoms with Crippen LogP contribution in [0.4, 0.5) is 4.79 Å². The van der Waals surface area contributed by atoms with Gasteiger partial charge in [0.05, 0.1) is 12.0 Å². The predicted octanol–water partition coefficient (Wildman–Crippen LogP) is 7.50. The van der Waals surface area contributed by atoms with Gasteiger partial charge in [-0.15, -0.1) is 0 Å². The first kappa shape index (κ1) is 51.6. The highest BCUT2D eigenvalue weighted by Crippen LogP contribution is 2.44. The number of aliphatic imine (C=N–C) groups is 1. The van der Waals surface area contributed by atoms with Gasteiger partial charge in [-0.2, -0.15) is 0 Å². The van der Waals surface area contributed by atoms with E-state index in [4.69, 9.17) is 19.9 Å². The smallest absolute Gasteiger partial charge is 0.407 e. The summed E-state index contributed by atoms with van der Waals surface area (Å²) < 4.78 is 46.4. The summed E-state index contributed by atoms with van der Waals surface area (Å²) in [6.07, 6.45) is 2.21. The third-order valence-corrected chi connectivity index (χ3v) is 15.1. The molecule has 1 fully saturated rings. The van der Waals surface area contributed by atoms with Crippen LogP contribution in [0.2, 0.25) is 0 Å². The van der Waals surface area contributed by atoms with E-state index in [9.17, 15) is 27.6 Å². The van der Waals surface area contributed by atoms with Gasteiger partial charge in [-0.3, -0.25) is 14.6 Å². The Labute approximate surface area is 416 Å². The quantitative estimate of drug-likeness (QED) is 0.0238. The summed E-state index contributed by atoms with van der Waals surface area (Å²) >= 11 is 0. The Kier molecular flexibility index (Phi) is 16.8. The summed E-state index contributed by atoms with van der Waals surface area (Å²) in [5, 5.41) is 8.77. The van der Waals surface area contributed by atoms with Crippen molar-refractivity contribution in [1.29, 1.82) is 0 Å². The van der Waals surface area contributed by atoms with E-state index in [2.05, 4.69) is 37.8 Å². The molecule has 3 amide bonds. The number of benzene rings is 5. The van der Waals surface area contributed by atoms with Crippen LogP contribution in [-0.2, 0) is 46.9 Å². The summed E-state index contributed by atoms with van der Waals surface area (Å²) in [6.45, 7) is 7.07. The van der Waals surface area contributed by atoms with E-state index in [1.807, 2.05) is 97.9 Å². The SMILES string of the molecule is COc1cc(C)c(S(=O)(=O)NC(N)=NCCC[C@H](NC(=O)C2(NC(=O)[C@@H](Cc3ccc(C)cc3)NC(=O)OCC3c4ccccc4-c4ccccc43)CCCCC2)C(=O)OCc2ccccc2)c(C)c1C. The van der Waals surface area contributed by atoms with E-state index in [1.54, 1.807) is 26.8 Å². The number of methoxy groups -OCH3 is 1. The van der Waals surface area contributed by atoms with Gasteiger partial charge in [-0.05, 0) is 110 Å². The number of nitrogens with two attached hydrogens (primary N) is 1. The number of sulfonamides is 1. The molecule has 0 aliphatic heterocycles. The predicted molar refractivity (Wildman–Crippen MR) is 272 cm³/mol. The van der Waals surface area contributed by atoms with Gasteiger partial charge in [0, 0.05) is 18.9 Å². The number of rotatable bonds is 19. The number of aryl methyl sites for hydroxylation is 2. The molecule has 6 N–H and O–H groups in total. The number of alkyl carbamates (subject to hydrolysis) is 1. The van der Waals surface area contributed by atoms with Crippen LogP contribution in [-0.4, -0.2) is 76.1 Å². The lowest BCUT2D eigenvalue weighted by atomic mass is 9.80. The molecule has 5 aromatic rings. The molecule has 16 heteroatoms. The molecule has 5 aromatic carbocycles. The van der Waals surface area contributed by atoms with Crippen LogP contribution in [0, 0.1) is 27.7 Å². The molecule has 1 saturated carbocycles. The maximum atomic E-state index is 14.7. The van der Waals surface area contributed by atoms with Gasteiger partial charge in [-0.1, -0.05) is 128 Å². The van der Waals surface area contributed by atoms with Crippen LogP contribution in [0.1, 0.15) is 95.4 Å². The lowest BCUT2D eigenvalue weighted by molar-refractivity contribution is -0.150. The standard InChI is InChI=1S/C55H64N6O9S/c1-35-24-26-39(27-25-35)32-47(59-54(65)70-34-45-43-21-12-10-19-41(43)42-20-11-13-22-44(42)45)50(62)60-55(28-14-7-15-29-55)52(64)58-46(51(63)69-33-40-17-8-6-9-18-40)23-16-30-57-53(56)61-71(66,67)49-36(2)31-48(68-5)37(3)38(49)4/h6,8-13,17-22,24-27,31,45-47H,7,14-16,23,28-30,32-34H2,1-5H3,(H,58,64)(H,59,65)(H,60,62)(H3,56,57,61)/t46-,47+/m0/s1. The van der Waals surface area contributed by atoms with Gasteiger partial charge in [-0.25, -0.2) is 22.7 Å². The van der Waals surface area contributed by atoms with Crippen LogP contribution in [0.15, 0.2) is 119 Å². The summed E-state index contributed by atoms with van der Waals surface area (Å²) in [5.74, 6) is -1.83.